The summed E-state index contributed by atoms with van der Waals surface area (Å²) in [5.41, 5.74) is 0.0250. The fourth-order valence-corrected chi connectivity index (χ4v) is 4.12. The van der Waals surface area contributed by atoms with Crippen molar-refractivity contribution in [3.05, 3.63) is 68.8 Å². The second kappa shape index (κ2) is 7.98. The lowest BCUT2D eigenvalue weighted by Gasteiger charge is -2.07. The van der Waals surface area contributed by atoms with Crippen LogP contribution >= 0.6 is 22.9 Å². The van der Waals surface area contributed by atoms with Gasteiger partial charge in [0.25, 0.3) is 11.5 Å². The molecule has 0 radical (unpaired) electrons. The van der Waals surface area contributed by atoms with E-state index < -0.39 is 24.2 Å². The third-order valence-corrected chi connectivity index (χ3v) is 5.79. The predicted octanol–water partition coefficient (Wildman–Crippen LogP) is 2.59. The van der Waals surface area contributed by atoms with Crippen molar-refractivity contribution in [1.82, 2.24) is 20.3 Å². The number of nitrogens with one attached hydrogen (secondary N) is 1. The Morgan fingerprint density at radius 1 is 1.10 bits per heavy atom. The van der Waals surface area contributed by atoms with Gasteiger partial charge in [0.15, 0.2) is 6.73 Å². The summed E-state index contributed by atoms with van der Waals surface area (Å²) in [7, 11) is 0. The van der Waals surface area contributed by atoms with Crippen molar-refractivity contribution in [3.63, 3.8) is 0 Å². The van der Waals surface area contributed by atoms with Crippen molar-refractivity contribution in [3.8, 4) is 0 Å². The second-order valence-electron chi connectivity index (χ2n) is 5.98. The van der Waals surface area contributed by atoms with Crippen LogP contribution in [0.25, 0.3) is 21.0 Å². The number of ether oxygens (including phenoxy) is 1. The lowest BCUT2D eigenvalue weighted by atomic mass is 10.2. The summed E-state index contributed by atoms with van der Waals surface area (Å²) >= 11 is 7.49. The SMILES string of the molecule is O=C(CNC(=O)c1sc2ccccc2c1Cl)OCn1nnc2ccccc2c1=O. The number of amides is 1. The molecule has 1 amide bonds. The molecule has 146 valence electrons. The predicted molar refractivity (Wildman–Crippen MR) is 109 cm³/mol. The van der Waals surface area contributed by atoms with Gasteiger partial charge in [0.05, 0.1) is 10.4 Å². The highest BCUT2D eigenvalue weighted by molar-refractivity contribution is 7.21. The molecule has 0 aliphatic rings. The van der Waals surface area contributed by atoms with Gasteiger partial charge in [-0.2, -0.15) is 4.68 Å². The van der Waals surface area contributed by atoms with Crippen LogP contribution in [0.3, 0.4) is 0 Å². The summed E-state index contributed by atoms with van der Waals surface area (Å²) in [5.74, 6) is -1.20. The zero-order chi connectivity index (χ0) is 20.4. The number of hydrogen-bond donors (Lipinski definition) is 1. The van der Waals surface area contributed by atoms with Gasteiger partial charge in [-0.15, -0.1) is 16.4 Å². The summed E-state index contributed by atoms with van der Waals surface area (Å²) in [5, 5.41) is 11.6. The number of nitrogens with zero attached hydrogens (tertiary/aromatic N) is 3. The van der Waals surface area contributed by atoms with Gasteiger partial charge >= 0.3 is 5.97 Å². The van der Waals surface area contributed by atoms with E-state index >= 15 is 0 Å². The van der Waals surface area contributed by atoms with Crippen LogP contribution in [0.1, 0.15) is 9.67 Å². The van der Waals surface area contributed by atoms with Crippen molar-refractivity contribution in [2.45, 2.75) is 6.73 Å². The smallest absolute Gasteiger partial charge is 0.327 e. The molecule has 0 aliphatic heterocycles. The molecule has 0 aliphatic carbocycles. The maximum Gasteiger partial charge on any atom is 0.327 e. The average Bonchev–Trinajstić information content (AvgIpc) is 3.08. The first-order valence-corrected chi connectivity index (χ1v) is 9.67. The molecule has 10 heteroatoms. The van der Waals surface area contributed by atoms with Gasteiger partial charge in [0, 0.05) is 10.1 Å². The van der Waals surface area contributed by atoms with Crippen LogP contribution in [-0.2, 0) is 16.3 Å². The number of benzene rings is 2. The van der Waals surface area contributed by atoms with Crippen molar-refractivity contribution >= 4 is 55.8 Å². The van der Waals surface area contributed by atoms with Crippen molar-refractivity contribution < 1.29 is 14.3 Å². The van der Waals surface area contributed by atoms with E-state index in [1.54, 1.807) is 24.3 Å². The molecule has 0 unspecified atom stereocenters. The number of hydrogen-bond acceptors (Lipinski definition) is 7. The number of rotatable bonds is 5. The van der Waals surface area contributed by atoms with Gasteiger partial charge < -0.3 is 10.1 Å². The average molecular weight is 429 g/mol. The van der Waals surface area contributed by atoms with Gasteiger partial charge in [-0.1, -0.05) is 47.1 Å². The van der Waals surface area contributed by atoms with Crippen LogP contribution < -0.4 is 10.9 Å². The molecule has 0 saturated carbocycles. The normalized spacial score (nSPS) is 10.9. The minimum Gasteiger partial charge on any atom is -0.441 e. The van der Waals surface area contributed by atoms with Crippen LogP contribution in [-0.4, -0.2) is 33.4 Å². The third kappa shape index (κ3) is 3.82. The molecular weight excluding hydrogens is 416 g/mol. The highest BCUT2D eigenvalue weighted by atomic mass is 35.5. The molecule has 0 spiro atoms. The standard InChI is InChI=1S/C19H13ClN4O4S/c20-16-12-6-2-4-8-14(12)29-17(16)18(26)21-9-15(25)28-10-24-19(27)11-5-1-3-7-13(11)22-23-24/h1-8H,9-10H2,(H,21,26). The Morgan fingerprint density at radius 2 is 1.83 bits per heavy atom. The fraction of sp³-hybridized carbons (Fsp3) is 0.105. The molecule has 0 bridgehead atoms. The maximum atomic E-state index is 12.3. The minimum absolute atomic E-state index is 0.317. The highest BCUT2D eigenvalue weighted by Crippen LogP contribution is 2.34. The number of aromatic nitrogens is 3. The Labute approximate surface area is 172 Å². The van der Waals surface area contributed by atoms with Crippen LogP contribution in [0.2, 0.25) is 5.02 Å². The quantitative estimate of drug-likeness (QED) is 0.490. The molecule has 29 heavy (non-hydrogen) atoms. The van der Waals surface area contributed by atoms with Crippen LogP contribution in [0.4, 0.5) is 0 Å². The van der Waals surface area contributed by atoms with Crippen molar-refractivity contribution in [2.24, 2.45) is 0 Å². The zero-order valence-electron chi connectivity index (χ0n) is 14.8. The fourth-order valence-electron chi connectivity index (χ4n) is 2.68. The number of thiophene rings is 1. The number of halogens is 1. The molecule has 2 heterocycles. The van der Waals surface area contributed by atoms with Crippen LogP contribution in [0.5, 0.6) is 0 Å². The molecule has 8 nitrogen and oxygen atoms in total. The molecule has 4 rings (SSSR count). The number of carbonyl (C=O) groups excluding carboxylic acids is 2. The Kier molecular flexibility index (Phi) is 5.24. The first-order chi connectivity index (χ1) is 14.0. The van der Waals surface area contributed by atoms with E-state index in [1.807, 2.05) is 24.3 Å². The largest absolute Gasteiger partial charge is 0.441 e. The van der Waals surface area contributed by atoms with Gasteiger partial charge in [0.2, 0.25) is 0 Å². The molecule has 1 N–H and O–H groups in total. The molecule has 2 aromatic heterocycles. The Balaban J connectivity index is 1.38. The highest BCUT2D eigenvalue weighted by Gasteiger charge is 2.18. The zero-order valence-corrected chi connectivity index (χ0v) is 16.4. The Hall–Kier alpha value is -3.30. The number of esters is 1. The van der Waals surface area contributed by atoms with Gasteiger partial charge in [0.1, 0.15) is 16.9 Å². The molecule has 2 aromatic carbocycles. The summed E-state index contributed by atoms with van der Waals surface area (Å²) in [6, 6.07) is 14.1. The molecular formula is C19H13ClN4O4S. The minimum atomic E-state index is -0.725. The Bertz CT molecular complexity index is 1300. The Morgan fingerprint density at radius 3 is 2.62 bits per heavy atom. The summed E-state index contributed by atoms with van der Waals surface area (Å²) in [6.07, 6.45) is 0. The lowest BCUT2D eigenvalue weighted by molar-refractivity contribution is -0.146. The van der Waals surface area contributed by atoms with Crippen molar-refractivity contribution in [1.29, 1.82) is 0 Å². The van der Waals surface area contributed by atoms with Crippen LogP contribution in [0.15, 0.2) is 53.3 Å². The van der Waals surface area contributed by atoms with E-state index in [1.165, 1.54) is 11.3 Å². The van der Waals surface area contributed by atoms with E-state index in [0.717, 1.165) is 14.8 Å². The summed E-state index contributed by atoms with van der Waals surface area (Å²) < 4.78 is 6.82. The van der Waals surface area contributed by atoms with E-state index in [-0.39, 0.29) is 6.54 Å². The van der Waals surface area contributed by atoms with E-state index in [9.17, 15) is 14.4 Å². The summed E-state index contributed by atoms with van der Waals surface area (Å²) in [6.45, 7) is -0.784. The number of fused-ring (bicyclic) bond motifs is 2. The van der Waals surface area contributed by atoms with E-state index in [4.69, 9.17) is 16.3 Å². The van der Waals surface area contributed by atoms with Gasteiger partial charge in [-0.3, -0.25) is 14.4 Å². The number of carbonyl (C=O) groups is 2. The molecule has 4 aromatic rings. The lowest BCUT2D eigenvalue weighted by Crippen LogP contribution is -2.32. The van der Waals surface area contributed by atoms with Crippen LogP contribution in [0, 0.1) is 0 Å². The van der Waals surface area contributed by atoms with Gasteiger partial charge in [-0.05, 0) is 18.2 Å². The first kappa shape index (κ1) is 19.0. The topological polar surface area (TPSA) is 103 Å². The van der Waals surface area contributed by atoms with E-state index in [2.05, 4.69) is 15.6 Å². The van der Waals surface area contributed by atoms with Crippen molar-refractivity contribution in [2.75, 3.05) is 6.54 Å². The molecule has 0 fully saturated rings. The monoisotopic (exact) mass is 428 g/mol. The van der Waals surface area contributed by atoms with E-state index in [0.29, 0.717) is 20.8 Å². The first-order valence-electron chi connectivity index (χ1n) is 8.48. The molecule has 0 saturated heterocycles. The van der Waals surface area contributed by atoms with Gasteiger partial charge in [-0.25, -0.2) is 0 Å². The maximum absolute atomic E-state index is 12.3. The molecule has 0 atom stereocenters. The summed E-state index contributed by atoms with van der Waals surface area (Å²) in [4.78, 5) is 36.9. The second-order valence-corrected chi connectivity index (χ2v) is 7.41. The third-order valence-electron chi connectivity index (χ3n) is 4.11.